The molecular formula is C28H45N3O3. The van der Waals surface area contributed by atoms with Crippen LogP contribution in [0.2, 0.25) is 0 Å². The summed E-state index contributed by atoms with van der Waals surface area (Å²) in [5.74, 6) is 0.656. The molecule has 1 amide bonds. The highest BCUT2D eigenvalue weighted by Crippen LogP contribution is 2.31. The van der Waals surface area contributed by atoms with Gasteiger partial charge in [-0.05, 0) is 31.4 Å². The number of piperidine rings is 1. The van der Waals surface area contributed by atoms with E-state index < -0.39 is 0 Å². The van der Waals surface area contributed by atoms with Crippen molar-refractivity contribution in [1.29, 1.82) is 0 Å². The summed E-state index contributed by atoms with van der Waals surface area (Å²) in [6, 6.07) is 10.7. The predicted molar refractivity (Wildman–Crippen MR) is 136 cm³/mol. The molecular weight excluding hydrogens is 426 g/mol. The van der Waals surface area contributed by atoms with E-state index in [0.717, 1.165) is 45.4 Å². The van der Waals surface area contributed by atoms with Gasteiger partial charge >= 0.3 is 0 Å². The molecule has 6 nitrogen and oxygen atoms in total. The first-order valence-corrected chi connectivity index (χ1v) is 13.7. The number of carbonyl (C=O) groups excluding carboxylic acids is 1. The van der Waals surface area contributed by atoms with Gasteiger partial charge in [-0.1, -0.05) is 75.8 Å². The van der Waals surface area contributed by atoms with Crippen molar-refractivity contribution in [3.8, 4) is 0 Å². The zero-order valence-electron chi connectivity index (χ0n) is 21.3. The molecule has 34 heavy (non-hydrogen) atoms. The van der Waals surface area contributed by atoms with Gasteiger partial charge in [-0.3, -0.25) is 14.5 Å². The van der Waals surface area contributed by atoms with Crippen molar-refractivity contribution in [2.75, 3.05) is 33.3 Å². The number of ether oxygens (including phenoxy) is 1. The van der Waals surface area contributed by atoms with Gasteiger partial charge in [0, 0.05) is 45.1 Å². The minimum Gasteiger partial charge on any atom is -0.380 e. The van der Waals surface area contributed by atoms with Crippen LogP contribution in [-0.2, 0) is 14.4 Å². The van der Waals surface area contributed by atoms with Gasteiger partial charge in [-0.2, -0.15) is 5.48 Å². The van der Waals surface area contributed by atoms with Gasteiger partial charge in [-0.25, -0.2) is 0 Å². The lowest BCUT2D eigenvalue weighted by atomic mass is 9.89. The largest absolute Gasteiger partial charge is 0.380 e. The first-order chi connectivity index (χ1) is 16.7. The zero-order chi connectivity index (χ0) is 23.8. The summed E-state index contributed by atoms with van der Waals surface area (Å²) in [4.78, 5) is 23.7. The van der Waals surface area contributed by atoms with Crippen LogP contribution >= 0.6 is 0 Å². The Morgan fingerprint density at radius 3 is 2.50 bits per heavy atom. The lowest BCUT2D eigenvalue weighted by molar-refractivity contribution is -0.139. The van der Waals surface area contributed by atoms with Gasteiger partial charge in [0.15, 0.2) is 0 Å². The van der Waals surface area contributed by atoms with Crippen LogP contribution in [0, 0.1) is 0 Å². The lowest BCUT2D eigenvalue weighted by Gasteiger charge is -2.41. The Morgan fingerprint density at radius 2 is 1.76 bits per heavy atom. The monoisotopic (exact) mass is 471 g/mol. The highest BCUT2D eigenvalue weighted by atomic mass is 16.7. The van der Waals surface area contributed by atoms with Crippen molar-refractivity contribution in [2.24, 2.45) is 0 Å². The van der Waals surface area contributed by atoms with Crippen LogP contribution in [0.15, 0.2) is 30.3 Å². The van der Waals surface area contributed by atoms with Gasteiger partial charge in [0.05, 0.1) is 12.2 Å². The molecule has 0 radical (unpaired) electrons. The van der Waals surface area contributed by atoms with E-state index in [1.54, 1.807) is 0 Å². The highest BCUT2D eigenvalue weighted by molar-refractivity contribution is 5.83. The number of nitrogens with one attached hydrogen (secondary N) is 1. The molecule has 0 saturated carbocycles. The smallest absolute Gasteiger partial charge is 0.242 e. The van der Waals surface area contributed by atoms with Crippen molar-refractivity contribution >= 4 is 5.91 Å². The number of unbranched alkanes of at least 4 members (excludes halogenated alkanes) is 6. The summed E-state index contributed by atoms with van der Waals surface area (Å²) in [7, 11) is 1.83. The summed E-state index contributed by atoms with van der Waals surface area (Å²) >= 11 is 0. The van der Waals surface area contributed by atoms with E-state index in [0.29, 0.717) is 18.1 Å². The molecule has 4 rings (SSSR count). The van der Waals surface area contributed by atoms with E-state index in [9.17, 15) is 4.79 Å². The van der Waals surface area contributed by atoms with E-state index in [4.69, 9.17) is 9.57 Å². The van der Waals surface area contributed by atoms with Gasteiger partial charge in [0.25, 0.3) is 0 Å². The van der Waals surface area contributed by atoms with Crippen LogP contribution in [0.5, 0.6) is 0 Å². The highest BCUT2D eigenvalue weighted by Gasteiger charge is 2.43. The van der Waals surface area contributed by atoms with Gasteiger partial charge in [0.1, 0.15) is 6.04 Å². The van der Waals surface area contributed by atoms with Crippen LogP contribution < -0.4 is 5.48 Å². The third-order valence-corrected chi connectivity index (χ3v) is 8.09. The van der Waals surface area contributed by atoms with Crippen LogP contribution in [0.25, 0.3) is 0 Å². The second-order valence-corrected chi connectivity index (χ2v) is 10.5. The average Bonchev–Trinajstić information content (AvgIpc) is 3.33. The SMILES string of the molecule is CCCCCCCCCN1CC(OC)CCC1C1CC(C(=O)N2CC(c3ccccc3)C2)NO1. The average molecular weight is 472 g/mol. The molecule has 1 aromatic rings. The van der Waals surface area contributed by atoms with Crippen molar-refractivity contribution < 1.29 is 14.4 Å². The van der Waals surface area contributed by atoms with Crippen molar-refractivity contribution in [2.45, 2.75) is 101 Å². The summed E-state index contributed by atoms with van der Waals surface area (Å²) in [6.45, 7) is 5.97. The predicted octanol–water partition coefficient (Wildman–Crippen LogP) is 4.50. The Morgan fingerprint density at radius 1 is 1.03 bits per heavy atom. The van der Waals surface area contributed by atoms with Crippen molar-refractivity contribution in [3.63, 3.8) is 0 Å². The van der Waals surface area contributed by atoms with Gasteiger partial charge in [-0.15, -0.1) is 0 Å². The molecule has 3 aliphatic rings. The maximum atomic E-state index is 13.1. The summed E-state index contributed by atoms with van der Waals surface area (Å²) < 4.78 is 5.70. The minimum absolute atomic E-state index is 0.0718. The maximum absolute atomic E-state index is 13.1. The number of methoxy groups -OCH3 is 1. The second-order valence-electron chi connectivity index (χ2n) is 10.5. The number of hydrogen-bond donors (Lipinski definition) is 1. The number of benzene rings is 1. The zero-order valence-corrected chi connectivity index (χ0v) is 21.3. The molecule has 3 saturated heterocycles. The Balaban J connectivity index is 1.23. The fourth-order valence-electron chi connectivity index (χ4n) is 5.87. The minimum atomic E-state index is -0.220. The number of hydrogen-bond acceptors (Lipinski definition) is 5. The first-order valence-electron chi connectivity index (χ1n) is 13.7. The molecule has 3 aliphatic heterocycles. The molecule has 1 aromatic carbocycles. The van der Waals surface area contributed by atoms with Crippen molar-refractivity contribution in [3.05, 3.63) is 35.9 Å². The van der Waals surface area contributed by atoms with Gasteiger partial charge in [0.2, 0.25) is 5.91 Å². The Labute approximate surface area is 206 Å². The molecule has 4 unspecified atom stereocenters. The third kappa shape index (κ3) is 6.60. The molecule has 6 heteroatoms. The lowest BCUT2D eigenvalue weighted by Crippen LogP contribution is -2.54. The number of amides is 1. The molecule has 0 aliphatic carbocycles. The Kier molecular flexibility index (Phi) is 9.80. The number of likely N-dealkylation sites (tertiary alicyclic amines) is 2. The Bertz CT molecular complexity index is 740. The number of carbonyl (C=O) groups is 1. The quantitative estimate of drug-likeness (QED) is 0.455. The number of nitrogens with zero attached hydrogens (tertiary/aromatic N) is 2. The van der Waals surface area contributed by atoms with Crippen LogP contribution in [0.4, 0.5) is 0 Å². The van der Waals surface area contributed by atoms with E-state index >= 15 is 0 Å². The first kappa shape index (κ1) is 25.6. The second kappa shape index (κ2) is 13.0. The van der Waals surface area contributed by atoms with Gasteiger partial charge < -0.3 is 9.64 Å². The fourth-order valence-corrected chi connectivity index (χ4v) is 5.87. The molecule has 3 fully saturated rings. The summed E-state index contributed by atoms with van der Waals surface area (Å²) in [5, 5.41) is 0. The standard InChI is InChI=1S/C28H45N3O3/c1-3-4-5-6-7-8-12-17-30-21-24(33-2)15-16-26(30)27-18-25(29-34-27)28(32)31-19-23(20-31)22-13-10-9-11-14-22/h9-11,13-14,23-27,29H,3-8,12,15-21H2,1-2H3. The molecule has 0 aromatic heterocycles. The fraction of sp³-hybridized carbons (Fsp3) is 0.750. The molecule has 0 spiro atoms. The van der Waals surface area contributed by atoms with Crippen LogP contribution in [-0.4, -0.2) is 73.3 Å². The van der Waals surface area contributed by atoms with E-state index in [-0.39, 0.29) is 18.1 Å². The van der Waals surface area contributed by atoms with Crippen LogP contribution in [0.3, 0.4) is 0 Å². The van der Waals surface area contributed by atoms with Crippen LogP contribution in [0.1, 0.15) is 82.6 Å². The van der Waals surface area contributed by atoms with E-state index in [1.807, 2.05) is 18.1 Å². The summed E-state index contributed by atoms with van der Waals surface area (Å²) in [5.41, 5.74) is 4.43. The normalized spacial score (nSPS) is 28.2. The number of rotatable bonds is 12. The third-order valence-electron chi connectivity index (χ3n) is 8.09. The topological polar surface area (TPSA) is 54.0 Å². The maximum Gasteiger partial charge on any atom is 0.242 e. The molecule has 3 heterocycles. The summed E-state index contributed by atoms with van der Waals surface area (Å²) in [6.07, 6.45) is 12.5. The van der Waals surface area contributed by atoms with E-state index in [1.165, 1.54) is 50.5 Å². The number of hydroxylamine groups is 1. The van der Waals surface area contributed by atoms with Crippen molar-refractivity contribution in [1.82, 2.24) is 15.3 Å². The van der Waals surface area contributed by atoms with E-state index in [2.05, 4.69) is 41.6 Å². The Hall–Kier alpha value is -1.47. The molecule has 1 N–H and O–H groups in total. The molecule has 4 atom stereocenters. The molecule has 0 bridgehead atoms. The molecule has 190 valence electrons.